The van der Waals surface area contributed by atoms with Crippen LogP contribution in [0.15, 0.2) is 18.5 Å². The summed E-state index contributed by atoms with van der Waals surface area (Å²) in [7, 11) is 0. The maximum Gasteiger partial charge on any atom is 0.407 e. The molecule has 1 heterocycles. The second kappa shape index (κ2) is 6.33. The number of rotatable bonds is 3. The molecule has 0 aromatic carbocycles. The number of nitrogens with zero attached hydrogens (tertiary/aromatic N) is 1. The van der Waals surface area contributed by atoms with Crippen LogP contribution in [0.3, 0.4) is 0 Å². The van der Waals surface area contributed by atoms with Crippen LogP contribution >= 0.6 is 0 Å². The first kappa shape index (κ1) is 15.6. The number of alkyl carbamates (subject to hydrolysis) is 1. The highest BCUT2D eigenvalue weighted by Gasteiger charge is 2.29. The van der Waals surface area contributed by atoms with Gasteiger partial charge in [-0.15, -0.1) is 0 Å². The van der Waals surface area contributed by atoms with Gasteiger partial charge in [-0.2, -0.15) is 0 Å². The lowest BCUT2D eigenvalue weighted by Gasteiger charge is -2.33. The van der Waals surface area contributed by atoms with Gasteiger partial charge in [0.1, 0.15) is 5.60 Å². The Morgan fingerprint density at radius 1 is 1.38 bits per heavy atom. The van der Waals surface area contributed by atoms with Crippen LogP contribution in [-0.2, 0) is 4.74 Å². The quantitative estimate of drug-likeness (QED) is 0.869. The molecule has 116 valence electrons. The molecule has 2 unspecified atom stereocenters. The number of amides is 1. The van der Waals surface area contributed by atoms with Crippen molar-refractivity contribution in [1.29, 1.82) is 0 Å². The Morgan fingerprint density at radius 3 is 2.71 bits per heavy atom. The van der Waals surface area contributed by atoms with Gasteiger partial charge in [-0.05, 0) is 39.7 Å². The first-order valence-electron chi connectivity index (χ1n) is 7.51. The molecule has 1 fully saturated rings. The second-order valence-electron chi connectivity index (χ2n) is 6.61. The highest BCUT2D eigenvalue weighted by atomic mass is 16.6. The van der Waals surface area contributed by atoms with Gasteiger partial charge in [0.05, 0.1) is 12.1 Å². The van der Waals surface area contributed by atoms with Crippen LogP contribution in [0.5, 0.6) is 0 Å². The average Bonchev–Trinajstić information content (AvgIpc) is 2.85. The van der Waals surface area contributed by atoms with Gasteiger partial charge in [0.25, 0.3) is 0 Å². The van der Waals surface area contributed by atoms with Crippen molar-refractivity contribution < 1.29 is 14.3 Å². The number of carbonyl (C=O) groups excluding carboxylic acids is 2. The molecule has 1 aliphatic rings. The lowest BCUT2D eigenvalue weighted by Crippen LogP contribution is -2.44. The number of carbonyl (C=O) groups is 2. The predicted molar refractivity (Wildman–Crippen MR) is 80.5 cm³/mol. The zero-order chi connectivity index (χ0) is 15.5. The molecule has 1 aromatic rings. The molecule has 5 nitrogen and oxygen atoms in total. The van der Waals surface area contributed by atoms with E-state index in [1.165, 1.54) is 0 Å². The molecule has 0 saturated heterocycles. The Bertz CT molecular complexity index is 502. The lowest BCUT2D eigenvalue weighted by atomic mass is 9.90. The van der Waals surface area contributed by atoms with Crippen LogP contribution < -0.4 is 5.32 Å². The fraction of sp³-hybridized carbons (Fsp3) is 0.625. The fourth-order valence-corrected chi connectivity index (χ4v) is 2.80. The van der Waals surface area contributed by atoms with Gasteiger partial charge >= 0.3 is 6.09 Å². The molecule has 2 atom stereocenters. The summed E-state index contributed by atoms with van der Waals surface area (Å²) in [4.78, 5) is 22.8. The van der Waals surface area contributed by atoms with E-state index in [0.29, 0.717) is 5.56 Å². The SMILES string of the molecule is CC(C)(C)OC(=O)NC1CCCCC1n1ccc(C=O)c1. The normalized spacial score (nSPS) is 22.6. The fourth-order valence-electron chi connectivity index (χ4n) is 2.80. The van der Waals surface area contributed by atoms with Gasteiger partial charge in [-0.1, -0.05) is 12.8 Å². The average molecular weight is 292 g/mol. The Labute approximate surface area is 125 Å². The number of aldehydes is 1. The van der Waals surface area contributed by atoms with Crippen molar-refractivity contribution in [2.45, 2.75) is 64.1 Å². The first-order valence-corrected chi connectivity index (χ1v) is 7.51. The summed E-state index contributed by atoms with van der Waals surface area (Å²) in [5.41, 5.74) is 0.170. The summed E-state index contributed by atoms with van der Waals surface area (Å²) >= 11 is 0. The summed E-state index contributed by atoms with van der Waals surface area (Å²) < 4.78 is 7.37. The maximum atomic E-state index is 12.0. The van der Waals surface area contributed by atoms with Gasteiger partial charge in [-0.3, -0.25) is 4.79 Å². The van der Waals surface area contributed by atoms with Gasteiger partial charge in [0.15, 0.2) is 6.29 Å². The van der Waals surface area contributed by atoms with Crippen molar-refractivity contribution >= 4 is 12.4 Å². The summed E-state index contributed by atoms with van der Waals surface area (Å²) in [6.45, 7) is 5.56. The molecule has 0 bridgehead atoms. The highest BCUT2D eigenvalue weighted by Crippen LogP contribution is 2.29. The van der Waals surface area contributed by atoms with E-state index in [-0.39, 0.29) is 18.2 Å². The molecular weight excluding hydrogens is 268 g/mol. The molecule has 1 aromatic heterocycles. The predicted octanol–water partition coefficient (Wildman–Crippen LogP) is 3.31. The van der Waals surface area contributed by atoms with Crippen molar-refractivity contribution in [2.24, 2.45) is 0 Å². The van der Waals surface area contributed by atoms with Gasteiger partial charge in [0, 0.05) is 18.0 Å². The molecular formula is C16H24N2O3. The summed E-state index contributed by atoms with van der Waals surface area (Å²) in [6.07, 6.45) is 8.37. The van der Waals surface area contributed by atoms with Crippen molar-refractivity contribution in [3.63, 3.8) is 0 Å². The summed E-state index contributed by atoms with van der Waals surface area (Å²) in [5.74, 6) is 0. The Hall–Kier alpha value is -1.78. The van der Waals surface area contributed by atoms with E-state index in [2.05, 4.69) is 5.32 Å². The molecule has 5 heteroatoms. The molecule has 2 rings (SSSR count). The molecule has 0 radical (unpaired) electrons. The number of nitrogens with one attached hydrogen (secondary N) is 1. The van der Waals surface area contributed by atoms with E-state index in [4.69, 9.17) is 4.74 Å². The molecule has 1 N–H and O–H groups in total. The van der Waals surface area contributed by atoms with E-state index >= 15 is 0 Å². The van der Waals surface area contributed by atoms with E-state index in [9.17, 15) is 9.59 Å². The standard InChI is InChI=1S/C16H24N2O3/c1-16(2,3)21-15(20)17-13-6-4-5-7-14(13)18-9-8-12(10-18)11-19/h8-11,13-14H,4-7H2,1-3H3,(H,17,20). The lowest BCUT2D eigenvalue weighted by molar-refractivity contribution is 0.0472. The van der Waals surface area contributed by atoms with Gasteiger partial charge < -0.3 is 14.6 Å². The molecule has 1 saturated carbocycles. The van der Waals surface area contributed by atoms with Gasteiger partial charge in [0.2, 0.25) is 0 Å². The van der Waals surface area contributed by atoms with Crippen LogP contribution in [0.4, 0.5) is 4.79 Å². The second-order valence-corrected chi connectivity index (χ2v) is 6.61. The van der Waals surface area contributed by atoms with Crippen molar-refractivity contribution in [2.75, 3.05) is 0 Å². The van der Waals surface area contributed by atoms with Crippen LogP contribution in [-0.4, -0.2) is 28.6 Å². The van der Waals surface area contributed by atoms with E-state index < -0.39 is 5.60 Å². The third-order valence-corrected chi connectivity index (χ3v) is 3.69. The number of ether oxygens (including phenoxy) is 1. The number of hydrogen-bond acceptors (Lipinski definition) is 3. The number of aromatic nitrogens is 1. The van der Waals surface area contributed by atoms with Crippen LogP contribution in [0.2, 0.25) is 0 Å². The van der Waals surface area contributed by atoms with Crippen LogP contribution in [0.25, 0.3) is 0 Å². The summed E-state index contributed by atoms with van der Waals surface area (Å²) in [5, 5.41) is 2.98. The first-order chi connectivity index (χ1) is 9.89. The zero-order valence-corrected chi connectivity index (χ0v) is 13.0. The minimum Gasteiger partial charge on any atom is -0.444 e. The minimum absolute atomic E-state index is 0.0421. The van der Waals surface area contributed by atoms with Crippen LogP contribution in [0, 0.1) is 0 Å². The highest BCUT2D eigenvalue weighted by molar-refractivity contribution is 5.74. The van der Waals surface area contributed by atoms with Crippen molar-refractivity contribution in [3.8, 4) is 0 Å². The number of hydrogen-bond donors (Lipinski definition) is 1. The largest absolute Gasteiger partial charge is 0.444 e. The Morgan fingerprint density at radius 2 is 2.10 bits per heavy atom. The smallest absolute Gasteiger partial charge is 0.407 e. The molecule has 0 aliphatic heterocycles. The van der Waals surface area contributed by atoms with Crippen molar-refractivity contribution in [1.82, 2.24) is 9.88 Å². The molecule has 1 amide bonds. The van der Waals surface area contributed by atoms with Gasteiger partial charge in [-0.25, -0.2) is 4.79 Å². The van der Waals surface area contributed by atoms with Crippen molar-refractivity contribution in [3.05, 3.63) is 24.0 Å². The zero-order valence-electron chi connectivity index (χ0n) is 13.0. The Balaban J connectivity index is 2.05. The molecule has 21 heavy (non-hydrogen) atoms. The summed E-state index contributed by atoms with van der Waals surface area (Å²) in [6, 6.07) is 2.02. The Kier molecular flexibility index (Phi) is 4.70. The van der Waals surface area contributed by atoms with E-state index in [0.717, 1.165) is 32.0 Å². The third kappa shape index (κ3) is 4.34. The topological polar surface area (TPSA) is 60.3 Å². The third-order valence-electron chi connectivity index (χ3n) is 3.69. The van der Waals surface area contributed by atoms with E-state index in [1.54, 1.807) is 6.07 Å². The monoisotopic (exact) mass is 292 g/mol. The minimum atomic E-state index is -0.494. The molecule has 0 spiro atoms. The maximum absolute atomic E-state index is 12.0. The van der Waals surface area contributed by atoms with Crippen LogP contribution in [0.1, 0.15) is 62.9 Å². The molecule has 1 aliphatic carbocycles. The van der Waals surface area contributed by atoms with E-state index in [1.807, 2.05) is 37.7 Å².